The second-order valence-electron chi connectivity index (χ2n) is 5.43. The lowest BCUT2D eigenvalue weighted by molar-refractivity contribution is -0.114. The Hall–Kier alpha value is -3.16. The van der Waals surface area contributed by atoms with Gasteiger partial charge < -0.3 is 14.9 Å². The molecule has 2 rings (SSSR count). The first-order valence-corrected chi connectivity index (χ1v) is 7.91. The molecule has 0 aliphatic carbocycles. The smallest absolute Gasteiger partial charge is 0.273 e. The molecule has 0 atom stereocenters. The summed E-state index contributed by atoms with van der Waals surface area (Å²) in [6, 6.07) is 6.44. The van der Waals surface area contributed by atoms with Gasteiger partial charge in [0, 0.05) is 19.3 Å². The molecule has 0 unspecified atom stereocenters. The molecule has 0 bridgehead atoms. The van der Waals surface area contributed by atoms with Crippen LogP contribution < -0.4 is 10.1 Å². The number of ether oxygens (including phenoxy) is 1. The average Bonchev–Trinajstić information content (AvgIpc) is 3.10. The molecule has 0 spiro atoms. The van der Waals surface area contributed by atoms with E-state index in [2.05, 4.69) is 20.4 Å². The predicted octanol–water partition coefficient (Wildman–Crippen LogP) is 2.39. The standard InChI is InChI=1S/C18H21FN4O3/c1-12(17(22-25-4)18(24)20-3)8-10-26-16-7-9-23(21-16)14-5-6-15(19)13(2)11-14/h5-9,11H,10H2,1-4H3,(H,20,24). The summed E-state index contributed by atoms with van der Waals surface area (Å²) in [4.78, 5) is 16.4. The van der Waals surface area contributed by atoms with Gasteiger partial charge in [-0.15, -0.1) is 5.10 Å². The van der Waals surface area contributed by atoms with Crippen LogP contribution in [0.2, 0.25) is 0 Å². The molecule has 138 valence electrons. The number of benzene rings is 1. The normalized spacial score (nSPS) is 12.0. The molecule has 7 nitrogen and oxygen atoms in total. The summed E-state index contributed by atoms with van der Waals surface area (Å²) in [5.74, 6) is -0.208. The minimum Gasteiger partial charge on any atom is -0.472 e. The zero-order valence-corrected chi connectivity index (χ0v) is 15.1. The number of rotatable bonds is 7. The first-order valence-electron chi connectivity index (χ1n) is 7.91. The van der Waals surface area contributed by atoms with Crippen LogP contribution in [0.3, 0.4) is 0 Å². The molecule has 1 heterocycles. The molecule has 0 radical (unpaired) electrons. The van der Waals surface area contributed by atoms with Crippen LogP contribution in [0.5, 0.6) is 5.88 Å². The summed E-state index contributed by atoms with van der Waals surface area (Å²) >= 11 is 0. The van der Waals surface area contributed by atoms with Gasteiger partial charge in [0.25, 0.3) is 5.91 Å². The van der Waals surface area contributed by atoms with Crippen molar-refractivity contribution in [1.29, 1.82) is 0 Å². The second kappa shape index (κ2) is 8.80. The summed E-state index contributed by atoms with van der Waals surface area (Å²) in [7, 11) is 2.89. The van der Waals surface area contributed by atoms with Gasteiger partial charge in [0.15, 0.2) is 5.71 Å². The van der Waals surface area contributed by atoms with Crippen molar-refractivity contribution in [1.82, 2.24) is 15.1 Å². The Morgan fingerprint density at radius 2 is 2.19 bits per heavy atom. The number of halogens is 1. The van der Waals surface area contributed by atoms with Gasteiger partial charge in [-0.25, -0.2) is 9.07 Å². The first kappa shape index (κ1) is 19.2. The lowest BCUT2D eigenvalue weighted by Gasteiger charge is -2.05. The third-order valence-corrected chi connectivity index (χ3v) is 3.59. The summed E-state index contributed by atoms with van der Waals surface area (Å²) in [5.41, 5.74) is 2.06. The van der Waals surface area contributed by atoms with Crippen LogP contribution in [0.15, 0.2) is 47.3 Å². The van der Waals surface area contributed by atoms with Crippen LogP contribution in [0.1, 0.15) is 12.5 Å². The maximum Gasteiger partial charge on any atom is 0.273 e. The Labute approximate surface area is 151 Å². The molecular weight excluding hydrogens is 339 g/mol. The average molecular weight is 360 g/mol. The van der Waals surface area contributed by atoms with Crippen molar-refractivity contribution in [3.8, 4) is 11.6 Å². The fourth-order valence-electron chi connectivity index (χ4n) is 2.15. The summed E-state index contributed by atoms with van der Waals surface area (Å²) in [5, 5.41) is 10.5. The number of nitrogens with one attached hydrogen (secondary N) is 1. The Morgan fingerprint density at radius 1 is 1.42 bits per heavy atom. The van der Waals surface area contributed by atoms with E-state index in [4.69, 9.17) is 4.74 Å². The highest BCUT2D eigenvalue weighted by molar-refractivity contribution is 6.44. The van der Waals surface area contributed by atoms with Gasteiger partial charge in [-0.3, -0.25) is 4.79 Å². The highest BCUT2D eigenvalue weighted by atomic mass is 19.1. The van der Waals surface area contributed by atoms with Crippen LogP contribution >= 0.6 is 0 Å². The highest BCUT2D eigenvalue weighted by Gasteiger charge is 2.12. The van der Waals surface area contributed by atoms with Gasteiger partial charge in [-0.2, -0.15) is 0 Å². The molecular formula is C18H21FN4O3. The molecule has 1 amide bonds. The largest absolute Gasteiger partial charge is 0.472 e. The number of carbonyl (C=O) groups is 1. The number of aryl methyl sites for hydroxylation is 1. The molecule has 8 heteroatoms. The van der Waals surface area contributed by atoms with Crippen molar-refractivity contribution in [2.45, 2.75) is 13.8 Å². The number of hydrogen-bond donors (Lipinski definition) is 1. The minimum atomic E-state index is -0.350. The van der Waals surface area contributed by atoms with E-state index in [0.717, 1.165) is 5.69 Å². The molecule has 1 N–H and O–H groups in total. The van der Waals surface area contributed by atoms with Crippen LogP contribution in [0, 0.1) is 12.7 Å². The zero-order chi connectivity index (χ0) is 19.1. The van der Waals surface area contributed by atoms with Gasteiger partial charge in [0.05, 0.1) is 5.69 Å². The van der Waals surface area contributed by atoms with Crippen molar-refractivity contribution in [3.05, 3.63) is 53.5 Å². The topological polar surface area (TPSA) is 77.7 Å². The van der Waals surface area contributed by atoms with E-state index in [1.165, 1.54) is 20.2 Å². The van der Waals surface area contributed by atoms with Crippen LogP contribution in [0.25, 0.3) is 5.69 Å². The molecule has 1 aromatic carbocycles. The number of carbonyl (C=O) groups excluding carboxylic acids is 1. The summed E-state index contributed by atoms with van der Waals surface area (Å²) < 4.78 is 20.5. The fraction of sp³-hybridized carbons (Fsp3) is 0.278. The summed E-state index contributed by atoms with van der Waals surface area (Å²) in [6.45, 7) is 3.63. The van der Waals surface area contributed by atoms with Crippen molar-refractivity contribution >= 4 is 11.6 Å². The highest BCUT2D eigenvalue weighted by Crippen LogP contribution is 2.15. The molecule has 0 aliphatic heterocycles. The first-order chi connectivity index (χ1) is 12.5. The molecule has 0 fully saturated rings. The number of nitrogens with zero attached hydrogens (tertiary/aromatic N) is 3. The van der Waals surface area contributed by atoms with E-state index in [-0.39, 0.29) is 24.0 Å². The van der Waals surface area contributed by atoms with E-state index in [1.807, 2.05) is 0 Å². The predicted molar refractivity (Wildman–Crippen MR) is 96.0 cm³/mol. The Kier molecular flexibility index (Phi) is 6.48. The lowest BCUT2D eigenvalue weighted by atomic mass is 10.1. The maximum absolute atomic E-state index is 13.4. The number of aromatic nitrogens is 2. The van der Waals surface area contributed by atoms with E-state index in [1.54, 1.807) is 49.0 Å². The van der Waals surface area contributed by atoms with E-state index in [0.29, 0.717) is 17.0 Å². The number of oxime groups is 1. The summed E-state index contributed by atoms with van der Waals surface area (Å²) in [6.07, 6.45) is 3.43. The van der Waals surface area contributed by atoms with Gasteiger partial charge in [0.2, 0.25) is 5.88 Å². The van der Waals surface area contributed by atoms with Crippen LogP contribution in [-0.2, 0) is 9.63 Å². The van der Waals surface area contributed by atoms with Gasteiger partial charge in [0.1, 0.15) is 19.5 Å². The third kappa shape index (κ3) is 4.69. The molecule has 0 saturated carbocycles. The quantitative estimate of drug-likeness (QED) is 0.607. The van der Waals surface area contributed by atoms with Gasteiger partial charge in [-0.1, -0.05) is 5.16 Å². The minimum absolute atomic E-state index is 0.172. The zero-order valence-electron chi connectivity index (χ0n) is 15.1. The number of hydrogen-bond acceptors (Lipinski definition) is 5. The monoisotopic (exact) mass is 360 g/mol. The molecule has 26 heavy (non-hydrogen) atoms. The van der Waals surface area contributed by atoms with Crippen molar-refractivity contribution in [2.24, 2.45) is 5.16 Å². The van der Waals surface area contributed by atoms with Crippen molar-refractivity contribution < 1.29 is 18.8 Å². The Bertz CT molecular complexity index is 843. The Balaban J connectivity index is 2.04. The van der Waals surface area contributed by atoms with E-state index >= 15 is 0 Å². The maximum atomic E-state index is 13.4. The molecule has 1 aromatic heterocycles. The fourth-order valence-corrected chi connectivity index (χ4v) is 2.15. The van der Waals surface area contributed by atoms with E-state index < -0.39 is 0 Å². The van der Waals surface area contributed by atoms with Crippen LogP contribution in [-0.4, -0.2) is 42.2 Å². The third-order valence-electron chi connectivity index (χ3n) is 3.59. The van der Waals surface area contributed by atoms with Crippen LogP contribution in [0.4, 0.5) is 4.39 Å². The SMILES string of the molecule is CNC(=O)C(=NOC)C(C)=CCOc1ccn(-c2ccc(F)c(C)c2)n1. The van der Waals surface area contributed by atoms with E-state index in [9.17, 15) is 9.18 Å². The van der Waals surface area contributed by atoms with Crippen molar-refractivity contribution in [3.63, 3.8) is 0 Å². The molecule has 0 aliphatic rings. The van der Waals surface area contributed by atoms with Gasteiger partial charge >= 0.3 is 0 Å². The molecule has 2 aromatic rings. The van der Waals surface area contributed by atoms with Crippen molar-refractivity contribution in [2.75, 3.05) is 20.8 Å². The molecule has 0 saturated heterocycles. The Morgan fingerprint density at radius 3 is 2.85 bits per heavy atom. The second-order valence-corrected chi connectivity index (χ2v) is 5.43. The van der Waals surface area contributed by atoms with Gasteiger partial charge in [-0.05, 0) is 49.3 Å². The lowest BCUT2D eigenvalue weighted by Crippen LogP contribution is -2.28. The number of amides is 1.